The Hall–Kier alpha value is -6.59. The summed E-state index contributed by atoms with van der Waals surface area (Å²) in [5.74, 6) is 2.92. The predicted octanol–water partition coefficient (Wildman–Crippen LogP) is 11.5. The van der Waals surface area contributed by atoms with Gasteiger partial charge in [0.15, 0.2) is 17.5 Å². The van der Waals surface area contributed by atoms with Gasteiger partial charge in [-0.1, -0.05) is 140 Å². The van der Waals surface area contributed by atoms with Crippen LogP contribution in [0.2, 0.25) is 0 Å². The second-order valence-corrected chi connectivity index (χ2v) is 13.2. The minimum Gasteiger partial charge on any atom is -0.460 e. The number of benzene rings is 6. The molecule has 0 saturated carbocycles. The lowest BCUT2D eigenvalue weighted by atomic mass is 9.77. The molecule has 1 aliphatic rings. The molecule has 1 aliphatic carbocycles. The molecule has 6 aromatic carbocycles. The van der Waals surface area contributed by atoms with Crippen molar-refractivity contribution in [1.29, 1.82) is 0 Å². The number of para-hydroxylation sites is 3. The monoisotopic (exact) mass is 656 g/mol. The first-order valence-corrected chi connectivity index (χ1v) is 17.4. The lowest BCUT2D eigenvalue weighted by molar-refractivity contribution is 0.470. The minimum atomic E-state index is -0.0590. The molecule has 51 heavy (non-hydrogen) atoms. The second kappa shape index (κ2) is 11.8. The zero-order valence-electron chi connectivity index (χ0n) is 27.9. The van der Waals surface area contributed by atoms with Crippen LogP contribution in [0.4, 0.5) is 0 Å². The van der Waals surface area contributed by atoms with Crippen LogP contribution in [0.25, 0.3) is 78.7 Å². The van der Waals surface area contributed by atoms with Crippen LogP contribution in [0.1, 0.15) is 29.7 Å². The molecule has 5 heteroatoms. The number of fused-ring (bicyclic) bond motifs is 6. The standard InChI is InChI=1S/C46H32N4O/c1-29-40(50-38-24-11-8-21-34(38)35-22-9-12-25-39(35)50)28-37-36-23-10-13-26-41(36)51-43(37)42(29)32-19-14-20-33(27-32)46-48-44(30-15-4-2-5-16-30)47-45(49-46)31-17-6-3-7-18-31/h2-29,42H,1H3. The Bertz CT molecular complexity index is 2670. The topological polar surface area (TPSA) is 56.7 Å². The normalized spacial score (nSPS) is 15.7. The molecule has 3 aromatic heterocycles. The molecule has 0 aliphatic heterocycles. The van der Waals surface area contributed by atoms with E-state index in [1.807, 2.05) is 66.7 Å². The molecule has 3 heterocycles. The Kier molecular flexibility index (Phi) is 6.78. The quantitative estimate of drug-likeness (QED) is 0.185. The lowest BCUT2D eigenvalue weighted by Gasteiger charge is -2.31. The average Bonchev–Trinajstić information content (AvgIpc) is 3.73. The van der Waals surface area contributed by atoms with Gasteiger partial charge in [-0.2, -0.15) is 0 Å². The summed E-state index contributed by atoms with van der Waals surface area (Å²) in [4.78, 5) is 15.0. The summed E-state index contributed by atoms with van der Waals surface area (Å²) in [7, 11) is 0. The SMILES string of the molecule is CC1C(n2c3ccccc3c3ccccc32)=Cc2c(oc3ccccc23)C1c1cccc(-c2nc(-c3ccccc3)nc(-c3ccccc3)n2)c1. The van der Waals surface area contributed by atoms with Crippen LogP contribution in [-0.2, 0) is 0 Å². The third-order valence-electron chi connectivity index (χ3n) is 10.2. The zero-order chi connectivity index (χ0) is 33.9. The Morgan fingerprint density at radius 3 is 1.65 bits per heavy atom. The van der Waals surface area contributed by atoms with Gasteiger partial charge in [0, 0.05) is 50.0 Å². The van der Waals surface area contributed by atoms with E-state index in [1.165, 1.54) is 27.5 Å². The van der Waals surface area contributed by atoms with Crippen LogP contribution in [-0.4, -0.2) is 19.5 Å². The Morgan fingerprint density at radius 1 is 0.510 bits per heavy atom. The Labute approximate surface area is 295 Å². The lowest BCUT2D eigenvalue weighted by Crippen LogP contribution is -2.20. The molecule has 0 N–H and O–H groups in total. The van der Waals surface area contributed by atoms with Crippen molar-refractivity contribution in [2.75, 3.05) is 0 Å². The van der Waals surface area contributed by atoms with Gasteiger partial charge in [0.25, 0.3) is 0 Å². The van der Waals surface area contributed by atoms with Gasteiger partial charge < -0.3 is 8.98 Å². The highest BCUT2D eigenvalue weighted by Crippen LogP contribution is 2.49. The van der Waals surface area contributed by atoms with Crippen molar-refractivity contribution >= 4 is 44.5 Å². The highest BCUT2D eigenvalue weighted by atomic mass is 16.3. The largest absolute Gasteiger partial charge is 0.460 e. The van der Waals surface area contributed by atoms with Crippen molar-refractivity contribution in [2.45, 2.75) is 12.8 Å². The highest BCUT2D eigenvalue weighted by Gasteiger charge is 2.36. The number of furan rings is 1. The van der Waals surface area contributed by atoms with E-state index in [2.05, 4.69) is 109 Å². The maximum Gasteiger partial charge on any atom is 0.164 e. The summed E-state index contributed by atoms with van der Waals surface area (Å²) in [5, 5.41) is 3.62. The third-order valence-corrected chi connectivity index (χ3v) is 10.2. The minimum absolute atomic E-state index is 0.0590. The van der Waals surface area contributed by atoms with Crippen molar-refractivity contribution < 1.29 is 4.42 Å². The van der Waals surface area contributed by atoms with Crippen LogP contribution in [0.15, 0.2) is 162 Å². The van der Waals surface area contributed by atoms with Gasteiger partial charge in [0.1, 0.15) is 11.3 Å². The summed E-state index contributed by atoms with van der Waals surface area (Å²) in [6.07, 6.45) is 2.36. The van der Waals surface area contributed by atoms with Crippen LogP contribution >= 0.6 is 0 Å². The van der Waals surface area contributed by atoms with E-state index in [9.17, 15) is 0 Å². The number of rotatable bonds is 5. The summed E-state index contributed by atoms with van der Waals surface area (Å²) in [6.45, 7) is 2.33. The van der Waals surface area contributed by atoms with E-state index >= 15 is 0 Å². The van der Waals surface area contributed by atoms with Crippen molar-refractivity contribution in [3.05, 3.63) is 175 Å². The first kappa shape index (κ1) is 29.3. The first-order valence-electron chi connectivity index (χ1n) is 17.4. The van der Waals surface area contributed by atoms with Crippen LogP contribution in [0, 0.1) is 5.92 Å². The molecular formula is C46H32N4O. The number of nitrogens with zero attached hydrogens (tertiary/aromatic N) is 4. The van der Waals surface area contributed by atoms with Crippen molar-refractivity contribution in [1.82, 2.24) is 19.5 Å². The predicted molar refractivity (Wildman–Crippen MR) is 207 cm³/mol. The number of hydrogen-bond acceptors (Lipinski definition) is 4. The molecule has 0 amide bonds. The Morgan fingerprint density at radius 2 is 1.02 bits per heavy atom. The zero-order valence-corrected chi connectivity index (χ0v) is 27.9. The molecule has 0 spiro atoms. The molecule has 0 radical (unpaired) electrons. The molecule has 2 atom stereocenters. The van der Waals surface area contributed by atoms with Crippen LogP contribution in [0.5, 0.6) is 0 Å². The van der Waals surface area contributed by atoms with E-state index < -0.39 is 0 Å². The fourth-order valence-corrected chi connectivity index (χ4v) is 7.86. The van der Waals surface area contributed by atoms with Crippen molar-refractivity contribution in [3.63, 3.8) is 0 Å². The average molecular weight is 657 g/mol. The summed E-state index contributed by atoms with van der Waals surface area (Å²) in [5.41, 5.74) is 9.64. The third kappa shape index (κ3) is 4.81. The van der Waals surface area contributed by atoms with E-state index in [0.717, 1.165) is 44.5 Å². The van der Waals surface area contributed by atoms with E-state index in [0.29, 0.717) is 17.5 Å². The molecular weight excluding hydrogens is 625 g/mol. The Balaban J connectivity index is 1.17. The summed E-state index contributed by atoms with van der Waals surface area (Å²) in [6, 6.07) is 54.7. The molecule has 0 bridgehead atoms. The van der Waals surface area contributed by atoms with Gasteiger partial charge in [0.2, 0.25) is 0 Å². The maximum absolute atomic E-state index is 6.77. The fourth-order valence-electron chi connectivity index (χ4n) is 7.86. The molecule has 242 valence electrons. The van der Waals surface area contributed by atoms with Gasteiger partial charge in [-0.15, -0.1) is 0 Å². The van der Waals surface area contributed by atoms with E-state index in [1.54, 1.807) is 0 Å². The van der Waals surface area contributed by atoms with Gasteiger partial charge in [-0.25, -0.2) is 15.0 Å². The fraction of sp³-hybridized carbons (Fsp3) is 0.0652. The molecule has 0 saturated heterocycles. The molecule has 5 nitrogen and oxygen atoms in total. The maximum atomic E-state index is 6.77. The molecule has 0 fully saturated rings. The van der Waals surface area contributed by atoms with E-state index in [-0.39, 0.29) is 11.8 Å². The number of hydrogen-bond donors (Lipinski definition) is 0. The first-order chi connectivity index (χ1) is 25.2. The van der Waals surface area contributed by atoms with Gasteiger partial charge in [-0.05, 0) is 35.9 Å². The van der Waals surface area contributed by atoms with Crippen molar-refractivity contribution in [2.24, 2.45) is 5.92 Å². The summed E-state index contributed by atoms with van der Waals surface area (Å²) >= 11 is 0. The van der Waals surface area contributed by atoms with E-state index in [4.69, 9.17) is 19.4 Å². The van der Waals surface area contributed by atoms with Crippen LogP contribution in [0.3, 0.4) is 0 Å². The number of aromatic nitrogens is 4. The van der Waals surface area contributed by atoms with Gasteiger partial charge in [-0.3, -0.25) is 0 Å². The highest BCUT2D eigenvalue weighted by molar-refractivity contribution is 6.11. The second-order valence-electron chi connectivity index (χ2n) is 13.2. The molecule has 2 unspecified atom stereocenters. The van der Waals surface area contributed by atoms with Gasteiger partial charge in [0.05, 0.1) is 17.0 Å². The number of allylic oxidation sites excluding steroid dienone is 1. The molecule has 10 rings (SSSR count). The smallest absolute Gasteiger partial charge is 0.164 e. The van der Waals surface area contributed by atoms with Crippen molar-refractivity contribution in [3.8, 4) is 34.2 Å². The van der Waals surface area contributed by atoms with Gasteiger partial charge >= 0.3 is 0 Å². The van der Waals surface area contributed by atoms with Crippen LogP contribution < -0.4 is 0 Å². The molecule has 9 aromatic rings. The summed E-state index contributed by atoms with van der Waals surface area (Å²) < 4.78 is 9.23.